The van der Waals surface area contributed by atoms with Crippen LogP contribution in [0.5, 0.6) is 0 Å². The molecule has 2 atom stereocenters. The van der Waals surface area contributed by atoms with Crippen molar-refractivity contribution >= 4 is 17.4 Å². The summed E-state index contributed by atoms with van der Waals surface area (Å²) in [6.07, 6.45) is 8.83. The van der Waals surface area contributed by atoms with Crippen molar-refractivity contribution in [2.75, 3.05) is 25.1 Å². The fourth-order valence-corrected chi connectivity index (χ4v) is 5.63. The van der Waals surface area contributed by atoms with Gasteiger partial charge < -0.3 is 20.3 Å². The normalized spacial score (nSPS) is 20.0. The first-order chi connectivity index (χ1) is 19.1. The number of ether oxygens (including phenoxy) is 1. The first-order valence-corrected chi connectivity index (χ1v) is 13.4. The maximum Gasteiger partial charge on any atom is 0.256 e. The number of ketones is 1. The van der Waals surface area contributed by atoms with Crippen molar-refractivity contribution in [3.63, 3.8) is 0 Å². The summed E-state index contributed by atoms with van der Waals surface area (Å²) in [6.45, 7) is 3.98. The Morgan fingerprint density at radius 3 is 2.59 bits per heavy atom. The molecule has 0 bridgehead atoms. The summed E-state index contributed by atoms with van der Waals surface area (Å²) in [7, 11) is 0. The van der Waals surface area contributed by atoms with Crippen molar-refractivity contribution in [2.45, 2.75) is 19.4 Å². The van der Waals surface area contributed by atoms with Crippen LogP contribution in [-0.2, 0) is 4.74 Å². The minimum absolute atomic E-state index is 0.0368. The molecule has 2 unspecified atom stereocenters. The van der Waals surface area contributed by atoms with Gasteiger partial charge in [-0.15, -0.1) is 0 Å². The molecule has 6 nitrogen and oxygen atoms in total. The Hall–Kier alpha value is -4.42. The molecule has 2 aliphatic heterocycles. The van der Waals surface area contributed by atoms with Gasteiger partial charge in [-0.1, -0.05) is 60.2 Å². The van der Waals surface area contributed by atoms with Crippen LogP contribution in [0.2, 0.25) is 0 Å². The van der Waals surface area contributed by atoms with Gasteiger partial charge in [-0.25, -0.2) is 0 Å². The fourth-order valence-electron chi connectivity index (χ4n) is 5.63. The third-order valence-electron chi connectivity index (χ3n) is 7.65. The summed E-state index contributed by atoms with van der Waals surface area (Å²) in [5, 5.41) is 6.26. The predicted molar refractivity (Wildman–Crippen MR) is 153 cm³/mol. The number of aryl methyl sites for hydroxylation is 1. The second-order valence-electron chi connectivity index (χ2n) is 10.2. The van der Waals surface area contributed by atoms with Crippen LogP contribution in [0.4, 0.5) is 5.69 Å². The Kier molecular flexibility index (Phi) is 6.86. The fraction of sp³-hybridized carbons (Fsp3) is 0.212. The molecule has 2 heterocycles. The number of Topliss-reactive ketones (excluding diaryl/α,β-unsaturated/α-hetero) is 1. The smallest absolute Gasteiger partial charge is 0.256 e. The van der Waals surface area contributed by atoms with Crippen LogP contribution in [0.25, 0.3) is 11.1 Å². The lowest BCUT2D eigenvalue weighted by molar-refractivity contribution is 0.0455. The topological polar surface area (TPSA) is 70.7 Å². The molecule has 196 valence electrons. The van der Waals surface area contributed by atoms with E-state index < -0.39 is 0 Å². The van der Waals surface area contributed by atoms with Crippen LogP contribution >= 0.6 is 0 Å². The summed E-state index contributed by atoms with van der Waals surface area (Å²) >= 11 is 0. The number of hydrogen-bond donors (Lipinski definition) is 2. The number of nitrogens with one attached hydrogen (secondary N) is 2. The maximum absolute atomic E-state index is 13.8. The van der Waals surface area contributed by atoms with Gasteiger partial charge >= 0.3 is 0 Å². The van der Waals surface area contributed by atoms with Gasteiger partial charge in [0.05, 0.1) is 30.9 Å². The molecule has 1 amide bonds. The molecule has 0 radical (unpaired) electrons. The van der Waals surface area contributed by atoms with Crippen molar-refractivity contribution in [1.29, 1.82) is 0 Å². The van der Waals surface area contributed by atoms with Crippen LogP contribution in [0.1, 0.15) is 32.7 Å². The van der Waals surface area contributed by atoms with Crippen molar-refractivity contribution in [1.82, 2.24) is 10.2 Å². The highest BCUT2D eigenvalue weighted by molar-refractivity contribution is 6.09. The number of carbonyl (C=O) groups excluding carboxylic acids is 2. The quantitative estimate of drug-likeness (QED) is 0.425. The molecule has 0 saturated carbocycles. The Balaban J connectivity index is 1.20. The van der Waals surface area contributed by atoms with Gasteiger partial charge in [0.2, 0.25) is 0 Å². The predicted octanol–water partition coefficient (Wildman–Crippen LogP) is 5.70. The first-order valence-electron chi connectivity index (χ1n) is 13.4. The van der Waals surface area contributed by atoms with Crippen LogP contribution in [0, 0.1) is 12.8 Å². The van der Waals surface area contributed by atoms with Crippen molar-refractivity contribution < 1.29 is 14.3 Å². The zero-order chi connectivity index (χ0) is 26.8. The van der Waals surface area contributed by atoms with Gasteiger partial charge in [-0.2, -0.15) is 0 Å². The molecule has 1 aliphatic carbocycles. The number of nitrogens with zero attached hydrogens (tertiary/aromatic N) is 1. The van der Waals surface area contributed by atoms with Gasteiger partial charge in [0.15, 0.2) is 5.78 Å². The summed E-state index contributed by atoms with van der Waals surface area (Å²) in [6, 6.07) is 23.0. The summed E-state index contributed by atoms with van der Waals surface area (Å²) in [4.78, 5) is 29.3. The number of carbonyl (C=O) groups is 2. The van der Waals surface area contributed by atoms with E-state index in [4.69, 9.17) is 4.74 Å². The Morgan fingerprint density at radius 2 is 1.77 bits per heavy atom. The van der Waals surface area contributed by atoms with Crippen LogP contribution in [-0.4, -0.2) is 42.4 Å². The first kappa shape index (κ1) is 24.9. The molecular formula is C33H31N3O3. The zero-order valence-electron chi connectivity index (χ0n) is 21.9. The van der Waals surface area contributed by atoms with E-state index >= 15 is 0 Å². The monoisotopic (exact) mass is 517 g/mol. The van der Waals surface area contributed by atoms with Crippen LogP contribution < -0.4 is 10.6 Å². The molecule has 39 heavy (non-hydrogen) atoms. The van der Waals surface area contributed by atoms with E-state index in [0.717, 1.165) is 28.9 Å². The Bertz CT molecular complexity index is 1490. The second-order valence-corrected chi connectivity index (χ2v) is 10.2. The molecule has 3 aromatic carbocycles. The van der Waals surface area contributed by atoms with E-state index in [2.05, 4.69) is 27.7 Å². The summed E-state index contributed by atoms with van der Waals surface area (Å²) < 4.78 is 5.66. The third-order valence-corrected chi connectivity index (χ3v) is 7.65. The van der Waals surface area contributed by atoms with Crippen molar-refractivity contribution in [3.05, 3.63) is 125 Å². The van der Waals surface area contributed by atoms with Gasteiger partial charge in [0.25, 0.3) is 5.91 Å². The van der Waals surface area contributed by atoms with Gasteiger partial charge in [-0.05, 0) is 60.4 Å². The number of rotatable bonds is 5. The van der Waals surface area contributed by atoms with E-state index in [1.807, 2.05) is 92.1 Å². The molecular weight excluding hydrogens is 486 g/mol. The Morgan fingerprint density at radius 1 is 0.974 bits per heavy atom. The van der Waals surface area contributed by atoms with E-state index in [9.17, 15) is 9.59 Å². The highest BCUT2D eigenvalue weighted by Crippen LogP contribution is 2.35. The molecule has 6 rings (SSSR count). The average molecular weight is 518 g/mol. The number of benzene rings is 3. The molecule has 3 aliphatic rings. The summed E-state index contributed by atoms with van der Waals surface area (Å²) in [5.41, 5.74) is 7.11. The molecule has 3 aromatic rings. The number of allylic oxidation sites excluding steroid dienone is 1. The maximum atomic E-state index is 13.8. The molecule has 1 fully saturated rings. The number of anilines is 1. The SMILES string of the molecule is Cc1ccc(-c2ccccc2C(=O)Nc2ccc(C(=O)C3CC=CC4=CNC=C5COCCN5C43)cc2)cc1. The van der Waals surface area contributed by atoms with Crippen LogP contribution in [0.15, 0.2) is 109 Å². The lowest BCUT2D eigenvalue weighted by Crippen LogP contribution is -2.48. The number of fused-ring (bicyclic) bond motifs is 3. The average Bonchev–Trinajstić information content (AvgIpc) is 3.17. The minimum atomic E-state index is -0.204. The number of amides is 1. The molecule has 0 spiro atoms. The molecule has 0 aromatic heterocycles. The summed E-state index contributed by atoms with van der Waals surface area (Å²) in [5.74, 6) is -0.287. The van der Waals surface area contributed by atoms with Crippen LogP contribution in [0.3, 0.4) is 0 Å². The lowest BCUT2D eigenvalue weighted by Gasteiger charge is -2.42. The number of morpholine rings is 1. The van der Waals surface area contributed by atoms with E-state index in [-0.39, 0.29) is 23.7 Å². The lowest BCUT2D eigenvalue weighted by atomic mass is 9.79. The zero-order valence-corrected chi connectivity index (χ0v) is 21.9. The van der Waals surface area contributed by atoms with Gasteiger partial charge in [0.1, 0.15) is 0 Å². The van der Waals surface area contributed by atoms with E-state index in [1.165, 1.54) is 5.56 Å². The minimum Gasteiger partial charge on any atom is -0.373 e. The van der Waals surface area contributed by atoms with Crippen molar-refractivity contribution in [3.8, 4) is 11.1 Å². The standard InChI is InChI=1S/C33H31N3O3/c1-22-9-11-23(12-10-22)28-6-2-3-7-29(28)33(38)35-26-15-13-24(14-16-26)32(37)30-8-4-5-25-19-34-20-27-21-39-18-17-36(27)31(25)30/h2-7,9-16,19-20,30-31,34H,8,17-18,21H2,1H3,(H,35,38). The second kappa shape index (κ2) is 10.8. The van der Waals surface area contributed by atoms with E-state index in [0.29, 0.717) is 36.4 Å². The highest BCUT2D eigenvalue weighted by atomic mass is 16.5. The van der Waals surface area contributed by atoms with Gasteiger partial charge in [-0.3, -0.25) is 9.59 Å². The number of hydrogen-bond acceptors (Lipinski definition) is 5. The highest BCUT2D eigenvalue weighted by Gasteiger charge is 2.39. The van der Waals surface area contributed by atoms with E-state index in [1.54, 1.807) is 0 Å². The molecule has 6 heteroatoms. The Labute approximate surface area is 228 Å². The largest absolute Gasteiger partial charge is 0.373 e. The van der Waals surface area contributed by atoms with Crippen molar-refractivity contribution in [2.24, 2.45) is 5.92 Å². The molecule has 2 N–H and O–H groups in total. The third kappa shape index (κ3) is 5.03. The van der Waals surface area contributed by atoms with Gasteiger partial charge in [0, 0.05) is 35.8 Å². The molecule has 1 saturated heterocycles.